The number of carbonyl (C=O) groups is 2. The number of ether oxygens (including phenoxy) is 1. The summed E-state index contributed by atoms with van der Waals surface area (Å²) < 4.78 is 6.40. The highest BCUT2D eigenvalue weighted by atomic mass is 79.9. The van der Waals surface area contributed by atoms with Gasteiger partial charge in [-0.15, -0.1) is 0 Å². The van der Waals surface area contributed by atoms with Crippen molar-refractivity contribution in [2.24, 2.45) is 5.92 Å². The minimum atomic E-state index is -0.333. The predicted octanol–water partition coefficient (Wildman–Crippen LogP) is 5.14. The van der Waals surface area contributed by atoms with E-state index in [0.29, 0.717) is 46.1 Å². The van der Waals surface area contributed by atoms with Crippen LogP contribution in [-0.2, 0) is 0 Å². The monoisotopic (exact) mass is 505 g/mol. The van der Waals surface area contributed by atoms with Crippen LogP contribution >= 0.6 is 28.1 Å². The van der Waals surface area contributed by atoms with Crippen LogP contribution in [0.15, 0.2) is 46.9 Å². The van der Waals surface area contributed by atoms with E-state index in [1.165, 1.54) is 0 Å². The topological polar surface area (TPSA) is 79.5 Å². The van der Waals surface area contributed by atoms with Crippen LogP contribution in [0.1, 0.15) is 54.3 Å². The highest BCUT2D eigenvalue weighted by Crippen LogP contribution is 2.26. The summed E-state index contributed by atoms with van der Waals surface area (Å²) in [5, 5.41) is 8.64. The van der Waals surface area contributed by atoms with Crippen molar-refractivity contribution in [1.29, 1.82) is 0 Å². The number of unbranched alkanes of at least 4 members (excludes halogenated alkanes) is 1. The van der Waals surface area contributed by atoms with Gasteiger partial charge in [-0.2, -0.15) is 0 Å². The molecule has 2 aromatic rings. The van der Waals surface area contributed by atoms with Gasteiger partial charge in [0.05, 0.1) is 11.1 Å². The molecule has 0 saturated heterocycles. The van der Waals surface area contributed by atoms with Crippen LogP contribution in [0.25, 0.3) is 0 Å². The summed E-state index contributed by atoms with van der Waals surface area (Å²) in [6.45, 7) is 7.47. The van der Waals surface area contributed by atoms with Crippen LogP contribution < -0.4 is 20.7 Å². The molecule has 0 spiro atoms. The molecule has 0 fully saturated rings. The fourth-order valence-corrected chi connectivity index (χ4v) is 3.24. The van der Waals surface area contributed by atoms with Crippen LogP contribution in [0, 0.1) is 5.92 Å². The molecule has 0 aliphatic rings. The molecular formula is C23H28BrN3O3S. The Morgan fingerprint density at radius 1 is 1.06 bits per heavy atom. The molecule has 0 unspecified atom stereocenters. The third-order valence-corrected chi connectivity index (χ3v) is 5.04. The molecule has 31 heavy (non-hydrogen) atoms. The van der Waals surface area contributed by atoms with E-state index in [9.17, 15) is 9.59 Å². The maximum atomic E-state index is 12.5. The second-order valence-electron chi connectivity index (χ2n) is 7.45. The summed E-state index contributed by atoms with van der Waals surface area (Å²) in [6, 6.07) is 12.0. The highest BCUT2D eigenvalue weighted by Gasteiger charge is 2.12. The van der Waals surface area contributed by atoms with Crippen LogP contribution in [-0.4, -0.2) is 30.1 Å². The van der Waals surface area contributed by atoms with Gasteiger partial charge >= 0.3 is 0 Å². The lowest BCUT2D eigenvalue weighted by atomic mass is 10.2. The molecule has 166 valence electrons. The molecule has 3 N–H and O–H groups in total. The molecule has 0 aliphatic heterocycles. The van der Waals surface area contributed by atoms with E-state index in [1.54, 1.807) is 42.5 Å². The van der Waals surface area contributed by atoms with E-state index in [1.807, 2.05) is 0 Å². The van der Waals surface area contributed by atoms with Crippen molar-refractivity contribution in [3.8, 4) is 5.75 Å². The van der Waals surface area contributed by atoms with Gasteiger partial charge in [0, 0.05) is 23.4 Å². The second kappa shape index (κ2) is 12.4. The normalized spacial score (nSPS) is 10.5. The van der Waals surface area contributed by atoms with Crippen LogP contribution in [0.5, 0.6) is 5.75 Å². The van der Waals surface area contributed by atoms with Crippen LogP contribution in [0.4, 0.5) is 5.69 Å². The fourth-order valence-electron chi connectivity index (χ4n) is 2.54. The van der Waals surface area contributed by atoms with E-state index in [-0.39, 0.29) is 16.9 Å². The van der Waals surface area contributed by atoms with Crippen molar-refractivity contribution in [2.45, 2.75) is 33.6 Å². The standard InChI is InChI=1S/C23H28BrN3O3S/c1-4-5-12-25-21(28)16-6-9-18(10-7-16)26-23(31)27-22(29)17-8-11-20(19(24)13-17)30-14-15(2)3/h6-11,13,15H,4-5,12,14H2,1-3H3,(H,25,28)(H2,26,27,29,31). The van der Waals surface area contributed by atoms with Gasteiger partial charge in [-0.1, -0.05) is 27.2 Å². The first-order valence-electron chi connectivity index (χ1n) is 10.2. The Bertz CT molecular complexity index is 917. The third kappa shape index (κ3) is 8.30. The van der Waals surface area contributed by atoms with Gasteiger partial charge in [0.25, 0.3) is 11.8 Å². The summed E-state index contributed by atoms with van der Waals surface area (Å²) in [7, 11) is 0. The molecule has 0 aromatic heterocycles. The van der Waals surface area contributed by atoms with Gasteiger partial charge in [0.1, 0.15) is 5.75 Å². The zero-order valence-electron chi connectivity index (χ0n) is 18.0. The minimum absolute atomic E-state index is 0.109. The summed E-state index contributed by atoms with van der Waals surface area (Å²) in [5.74, 6) is 0.649. The number of hydrogen-bond donors (Lipinski definition) is 3. The number of rotatable bonds is 9. The molecule has 2 rings (SSSR count). The molecule has 0 saturated carbocycles. The maximum absolute atomic E-state index is 12.5. The smallest absolute Gasteiger partial charge is 0.257 e. The Balaban J connectivity index is 1.89. The van der Waals surface area contributed by atoms with Crippen molar-refractivity contribution in [3.63, 3.8) is 0 Å². The number of halogens is 1. The fraction of sp³-hybridized carbons (Fsp3) is 0.348. The maximum Gasteiger partial charge on any atom is 0.257 e. The van der Waals surface area contributed by atoms with Crippen LogP contribution in [0.2, 0.25) is 0 Å². The molecule has 6 nitrogen and oxygen atoms in total. The van der Waals surface area contributed by atoms with Crippen LogP contribution in [0.3, 0.4) is 0 Å². The Morgan fingerprint density at radius 3 is 2.35 bits per heavy atom. The number of benzene rings is 2. The number of thiocarbonyl (C=S) groups is 1. The molecule has 0 radical (unpaired) electrons. The number of amides is 2. The molecule has 8 heteroatoms. The quantitative estimate of drug-likeness (QED) is 0.324. The first kappa shape index (κ1) is 24.8. The number of nitrogens with one attached hydrogen (secondary N) is 3. The third-order valence-electron chi connectivity index (χ3n) is 4.21. The summed E-state index contributed by atoms with van der Waals surface area (Å²) in [6.07, 6.45) is 1.98. The average Bonchev–Trinajstić information content (AvgIpc) is 2.73. The second-order valence-corrected chi connectivity index (χ2v) is 8.71. The Morgan fingerprint density at radius 2 is 1.74 bits per heavy atom. The Kier molecular flexibility index (Phi) is 9.94. The zero-order valence-corrected chi connectivity index (χ0v) is 20.4. The number of carbonyl (C=O) groups excluding carboxylic acids is 2. The van der Waals surface area contributed by atoms with Crippen molar-refractivity contribution in [3.05, 3.63) is 58.1 Å². The van der Waals surface area contributed by atoms with E-state index >= 15 is 0 Å². The van der Waals surface area contributed by atoms with Crippen molar-refractivity contribution < 1.29 is 14.3 Å². The molecule has 0 atom stereocenters. The molecular weight excluding hydrogens is 478 g/mol. The van der Waals surface area contributed by atoms with Gasteiger partial charge in [0.2, 0.25) is 0 Å². The van der Waals surface area contributed by atoms with E-state index in [0.717, 1.165) is 12.8 Å². The van der Waals surface area contributed by atoms with E-state index < -0.39 is 0 Å². The van der Waals surface area contributed by atoms with Crippen molar-refractivity contribution in [2.75, 3.05) is 18.5 Å². The first-order chi connectivity index (χ1) is 14.8. The van der Waals surface area contributed by atoms with Gasteiger partial charge in [0.15, 0.2) is 5.11 Å². The van der Waals surface area contributed by atoms with E-state index in [4.69, 9.17) is 17.0 Å². The summed E-state index contributed by atoms with van der Waals surface area (Å²) in [4.78, 5) is 24.5. The molecule has 0 bridgehead atoms. The summed E-state index contributed by atoms with van der Waals surface area (Å²) in [5.41, 5.74) is 1.70. The number of anilines is 1. The lowest BCUT2D eigenvalue weighted by Gasteiger charge is -2.13. The lowest BCUT2D eigenvalue weighted by Crippen LogP contribution is -2.34. The van der Waals surface area contributed by atoms with Gasteiger partial charge < -0.3 is 15.4 Å². The van der Waals surface area contributed by atoms with Gasteiger partial charge in [-0.05, 0) is 83.0 Å². The number of hydrogen-bond acceptors (Lipinski definition) is 4. The minimum Gasteiger partial charge on any atom is -0.492 e. The van der Waals surface area contributed by atoms with Gasteiger partial charge in [-0.25, -0.2) is 0 Å². The molecule has 0 aliphatic carbocycles. The SMILES string of the molecule is CCCCNC(=O)c1ccc(NC(=S)NC(=O)c2ccc(OCC(C)C)c(Br)c2)cc1. The first-order valence-corrected chi connectivity index (χ1v) is 11.4. The zero-order chi connectivity index (χ0) is 22.8. The molecule has 2 aromatic carbocycles. The van der Waals surface area contributed by atoms with Crippen molar-refractivity contribution >= 4 is 50.8 Å². The van der Waals surface area contributed by atoms with Gasteiger partial charge in [-0.3, -0.25) is 14.9 Å². The predicted molar refractivity (Wildman–Crippen MR) is 132 cm³/mol. The Labute approximate surface area is 197 Å². The van der Waals surface area contributed by atoms with E-state index in [2.05, 4.69) is 52.7 Å². The highest BCUT2D eigenvalue weighted by molar-refractivity contribution is 9.10. The largest absolute Gasteiger partial charge is 0.492 e. The van der Waals surface area contributed by atoms with Crippen molar-refractivity contribution in [1.82, 2.24) is 10.6 Å². The lowest BCUT2D eigenvalue weighted by molar-refractivity contribution is 0.0950. The Hall–Kier alpha value is -2.45. The molecule has 2 amide bonds. The summed E-state index contributed by atoms with van der Waals surface area (Å²) >= 11 is 8.67. The average molecular weight is 506 g/mol. The molecule has 0 heterocycles.